The molecule has 0 bridgehead atoms. The molecular weight excluding hydrogens is 364 g/mol. The molecule has 0 saturated carbocycles. The topological polar surface area (TPSA) is 74.3 Å². The molecule has 2 amide bonds. The summed E-state index contributed by atoms with van der Waals surface area (Å²) in [7, 11) is 0. The van der Waals surface area contributed by atoms with Gasteiger partial charge in [0.05, 0.1) is 10.9 Å². The van der Waals surface area contributed by atoms with E-state index in [1.54, 1.807) is 12.1 Å². The third-order valence-corrected chi connectivity index (χ3v) is 5.98. The largest absolute Gasteiger partial charge is 0.342 e. The van der Waals surface area contributed by atoms with Crippen LogP contribution in [0.15, 0.2) is 18.3 Å². The van der Waals surface area contributed by atoms with E-state index in [0.29, 0.717) is 35.6 Å². The molecule has 6 nitrogen and oxygen atoms in total. The maximum Gasteiger partial charge on any atom is 0.230 e. The fourth-order valence-electron chi connectivity index (χ4n) is 4.03. The van der Waals surface area contributed by atoms with Gasteiger partial charge in [-0.2, -0.15) is 0 Å². The van der Waals surface area contributed by atoms with Gasteiger partial charge in [0.1, 0.15) is 5.82 Å². The summed E-state index contributed by atoms with van der Waals surface area (Å²) in [6, 6.07) is 3.38. The van der Waals surface area contributed by atoms with Crippen molar-refractivity contribution in [2.75, 3.05) is 31.5 Å². The summed E-state index contributed by atoms with van der Waals surface area (Å²) in [5.41, 5.74) is 0. The van der Waals surface area contributed by atoms with Crippen LogP contribution < -0.4 is 10.6 Å². The van der Waals surface area contributed by atoms with Crippen molar-refractivity contribution < 1.29 is 9.59 Å². The molecule has 2 aliphatic heterocycles. The van der Waals surface area contributed by atoms with E-state index < -0.39 is 0 Å². The van der Waals surface area contributed by atoms with Crippen LogP contribution in [0, 0.1) is 17.8 Å². The predicted molar refractivity (Wildman–Crippen MR) is 107 cm³/mol. The fraction of sp³-hybridized carbons (Fsp3) is 0.650. The van der Waals surface area contributed by atoms with Crippen LogP contribution in [0.3, 0.4) is 0 Å². The Bertz CT molecular complexity index is 646. The van der Waals surface area contributed by atoms with Gasteiger partial charge in [0.15, 0.2) is 0 Å². The van der Waals surface area contributed by atoms with Crippen molar-refractivity contribution in [3.63, 3.8) is 0 Å². The maximum absolute atomic E-state index is 12.8. The average Bonchev–Trinajstić information content (AvgIpc) is 2.70. The molecule has 1 aromatic heterocycles. The number of likely N-dealkylation sites (tertiary alicyclic amines) is 1. The smallest absolute Gasteiger partial charge is 0.230 e. The molecule has 2 N–H and O–H groups in total. The van der Waals surface area contributed by atoms with Crippen molar-refractivity contribution in [3.8, 4) is 0 Å². The zero-order chi connectivity index (χ0) is 19.2. The zero-order valence-electron chi connectivity index (χ0n) is 15.9. The lowest BCUT2D eigenvalue weighted by atomic mass is 9.85. The SMILES string of the molecule is CC(CC(=O)N1CCCC(C(=O)Nc2ccc(Cl)cn2)C1)C1CCCNC1. The molecule has 3 rings (SSSR count). The summed E-state index contributed by atoms with van der Waals surface area (Å²) >= 11 is 5.83. The second-order valence-electron chi connectivity index (χ2n) is 7.82. The number of piperidine rings is 2. The van der Waals surface area contributed by atoms with E-state index in [1.807, 2.05) is 4.90 Å². The summed E-state index contributed by atoms with van der Waals surface area (Å²) in [5, 5.41) is 6.79. The lowest BCUT2D eigenvalue weighted by molar-refractivity contribution is -0.135. The number of carbonyl (C=O) groups excluding carboxylic acids is 2. The minimum absolute atomic E-state index is 0.0770. The van der Waals surface area contributed by atoms with Crippen molar-refractivity contribution in [1.82, 2.24) is 15.2 Å². The highest BCUT2D eigenvalue weighted by atomic mass is 35.5. The number of carbonyl (C=O) groups is 2. The molecule has 1 aromatic rings. The Kier molecular flexibility index (Phi) is 7.07. The summed E-state index contributed by atoms with van der Waals surface area (Å²) in [6.07, 6.45) is 6.12. The molecule has 7 heteroatoms. The van der Waals surface area contributed by atoms with Crippen LogP contribution in [0.25, 0.3) is 0 Å². The van der Waals surface area contributed by atoms with Gasteiger partial charge in [0.25, 0.3) is 0 Å². The average molecular weight is 393 g/mol. The first-order valence-electron chi connectivity index (χ1n) is 9.94. The van der Waals surface area contributed by atoms with E-state index in [-0.39, 0.29) is 17.7 Å². The molecule has 0 aliphatic carbocycles. The van der Waals surface area contributed by atoms with Crippen LogP contribution in [0.2, 0.25) is 5.02 Å². The molecule has 3 atom stereocenters. The Morgan fingerprint density at radius 3 is 2.93 bits per heavy atom. The van der Waals surface area contributed by atoms with E-state index in [4.69, 9.17) is 11.6 Å². The number of aromatic nitrogens is 1. The molecule has 3 unspecified atom stereocenters. The molecule has 0 radical (unpaired) electrons. The quantitative estimate of drug-likeness (QED) is 0.807. The number of pyridine rings is 1. The molecule has 0 spiro atoms. The van der Waals surface area contributed by atoms with Crippen LogP contribution in [-0.2, 0) is 9.59 Å². The Hall–Kier alpha value is -1.66. The van der Waals surface area contributed by atoms with Crippen LogP contribution >= 0.6 is 11.6 Å². The lowest BCUT2D eigenvalue weighted by Crippen LogP contribution is -2.45. The Labute approximate surface area is 166 Å². The third-order valence-electron chi connectivity index (χ3n) is 5.76. The van der Waals surface area contributed by atoms with Gasteiger partial charge in [0.2, 0.25) is 11.8 Å². The standard InChI is InChI=1S/C20H29ClN4O2/c1-14(15-4-2-8-22-11-15)10-19(26)25-9-3-5-16(13-25)20(27)24-18-7-6-17(21)12-23-18/h6-7,12,14-16,22H,2-5,8-11,13H2,1H3,(H,23,24,27). The van der Waals surface area contributed by atoms with Crippen LogP contribution in [0.4, 0.5) is 5.82 Å². The highest BCUT2D eigenvalue weighted by molar-refractivity contribution is 6.30. The molecular formula is C20H29ClN4O2. The number of hydrogen-bond donors (Lipinski definition) is 2. The predicted octanol–water partition coefficient (Wildman–Crippen LogP) is 2.94. The van der Waals surface area contributed by atoms with Gasteiger partial charge in [-0.3, -0.25) is 9.59 Å². The summed E-state index contributed by atoms with van der Waals surface area (Å²) in [5.74, 6) is 1.35. The number of anilines is 1. The third kappa shape index (κ3) is 5.66. The van der Waals surface area contributed by atoms with E-state index in [2.05, 4.69) is 22.5 Å². The molecule has 0 aromatic carbocycles. The molecule has 27 heavy (non-hydrogen) atoms. The minimum Gasteiger partial charge on any atom is -0.342 e. The lowest BCUT2D eigenvalue weighted by Gasteiger charge is -2.34. The highest BCUT2D eigenvalue weighted by Gasteiger charge is 2.30. The monoisotopic (exact) mass is 392 g/mol. The van der Waals surface area contributed by atoms with E-state index in [9.17, 15) is 9.59 Å². The van der Waals surface area contributed by atoms with Crippen LogP contribution in [0.1, 0.15) is 39.0 Å². The van der Waals surface area contributed by atoms with Crippen molar-refractivity contribution in [2.45, 2.75) is 39.0 Å². The first kappa shape index (κ1) is 20.1. The summed E-state index contributed by atoms with van der Waals surface area (Å²) < 4.78 is 0. The number of halogens is 1. The van der Waals surface area contributed by atoms with Gasteiger partial charge in [-0.05, 0) is 62.7 Å². The number of hydrogen-bond acceptors (Lipinski definition) is 4. The van der Waals surface area contributed by atoms with Crippen molar-refractivity contribution in [2.24, 2.45) is 17.8 Å². The number of rotatable bonds is 5. The normalized spacial score (nSPS) is 24.3. The zero-order valence-corrected chi connectivity index (χ0v) is 16.7. The first-order chi connectivity index (χ1) is 13.0. The summed E-state index contributed by atoms with van der Waals surface area (Å²) in [4.78, 5) is 31.3. The van der Waals surface area contributed by atoms with Gasteiger partial charge < -0.3 is 15.5 Å². The summed E-state index contributed by atoms with van der Waals surface area (Å²) in [6.45, 7) is 5.51. The maximum atomic E-state index is 12.8. The number of nitrogens with zero attached hydrogens (tertiary/aromatic N) is 2. The van der Waals surface area contributed by atoms with E-state index >= 15 is 0 Å². The van der Waals surface area contributed by atoms with Crippen molar-refractivity contribution in [3.05, 3.63) is 23.4 Å². The van der Waals surface area contributed by atoms with Crippen molar-refractivity contribution >= 4 is 29.2 Å². The molecule has 2 saturated heterocycles. The van der Waals surface area contributed by atoms with Crippen LogP contribution in [0.5, 0.6) is 0 Å². The van der Waals surface area contributed by atoms with Gasteiger partial charge in [-0.25, -0.2) is 4.98 Å². The Morgan fingerprint density at radius 2 is 2.22 bits per heavy atom. The van der Waals surface area contributed by atoms with Gasteiger partial charge >= 0.3 is 0 Å². The second kappa shape index (κ2) is 9.51. The van der Waals surface area contributed by atoms with Gasteiger partial charge in [-0.1, -0.05) is 18.5 Å². The fourth-order valence-corrected chi connectivity index (χ4v) is 4.14. The van der Waals surface area contributed by atoms with Gasteiger partial charge in [0, 0.05) is 25.7 Å². The molecule has 3 heterocycles. The second-order valence-corrected chi connectivity index (χ2v) is 8.25. The van der Waals surface area contributed by atoms with Crippen molar-refractivity contribution in [1.29, 1.82) is 0 Å². The Balaban J connectivity index is 1.51. The van der Waals surface area contributed by atoms with E-state index in [1.165, 1.54) is 19.0 Å². The molecule has 2 aliphatic rings. The number of amides is 2. The van der Waals surface area contributed by atoms with E-state index in [0.717, 1.165) is 32.5 Å². The number of nitrogens with one attached hydrogen (secondary N) is 2. The highest BCUT2D eigenvalue weighted by Crippen LogP contribution is 2.25. The first-order valence-corrected chi connectivity index (χ1v) is 10.3. The molecule has 148 valence electrons. The minimum atomic E-state index is -0.188. The van der Waals surface area contributed by atoms with Crippen LogP contribution in [-0.4, -0.2) is 47.9 Å². The Morgan fingerprint density at radius 1 is 1.37 bits per heavy atom. The van der Waals surface area contributed by atoms with Gasteiger partial charge in [-0.15, -0.1) is 0 Å². The molecule has 2 fully saturated rings.